The van der Waals surface area contributed by atoms with Crippen molar-refractivity contribution in [2.75, 3.05) is 4.90 Å². The van der Waals surface area contributed by atoms with Gasteiger partial charge in [0.25, 0.3) is 5.89 Å². The average molecular weight is 444 g/mol. The fourth-order valence-corrected chi connectivity index (χ4v) is 3.89. The topological polar surface area (TPSA) is 71.3 Å². The maximum Gasteiger partial charge on any atom is 0.327 e. The van der Waals surface area contributed by atoms with E-state index in [2.05, 4.69) is 15.5 Å². The third kappa shape index (κ3) is 3.87. The number of hydrogen-bond acceptors (Lipinski definition) is 4. The summed E-state index contributed by atoms with van der Waals surface area (Å²) in [6.45, 7) is 1.75. The van der Waals surface area contributed by atoms with Crippen molar-refractivity contribution >= 4 is 17.3 Å². The van der Waals surface area contributed by atoms with E-state index in [9.17, 15) is 13.6 Å². The Bertz CT molecular complexity index is 1350. The molecular weight excluding hydrogens is 426 g/mol. The number of carbonyl (C=O) groups excluding carboxylic acids is 1. The second-order valence-corrected chi connectivity index (χ2v) is 7.54. The first-order valence-corrected chi connectivity index (χ1v) is 10.2. The van der Waals surface area contributed by atoms with Gasteiger partial charge in [0.05, 0.1) is 17.3 Å². The van der Waals surface area contributed by atoms with Gasteiger partial charge in [-0.3, -0.25) is 4.90 Å². The first kappa shape index (κ1) is 20.6. The summed E-state index contributed by atoms with van der Waals surface area (Å²) >= 11 is 0. The van der Waals surface area contributed by atoms with Crippen molar-refractivity contribution in [1.82, 2.24) is 15.5 Å². The molecule has 1 N–H and O–H groups in total. The molecule has 8 heteroatoms. The van der Waals surface area contributed by atoms with E-state index in [-0.39, 0.29) is 17.5 Å². The summed E-state index contributed by atoms with van der Waals surface area (Å²) in [6, 6.07) is 19.9. The summed E-state index contributed by atoms with van der Waals surface area (Å²) in [4.78, 5) is 19.0. The van der Waals surface area contributed by atoms with E-state index in [0.717, 1.165) is 5.56 Å². The highest BCUT2D eigenvalue weighted by Gasteiger charge is 2.36. The van der Waals surface area contributed by atoms with Crippen LogP contribution in [0.25, 0.3) is 17.0 Å². The van der Waals surface area contributed by atoms with Gasteiger partial charge in [-0.15, -0.1) is 0 Å². The molecule has 1 aliphatic rings. The molecule has 0 saturated heterocycles. The first-order chi connectivity index (χ1) is 16.0. The lowest BCUT2D eigenvalue weighted by Crippen LogP contribution is -2.46. The summed E-state index contributed by atoms with van der Waals surface area (Å²) in [5.74, 6) is -0.351. The number of anilines is 1. The number of benzene rings is 3. The fraction of sp³-hybridized carbons (Fsp3) is 0.0800. The van der Waals surface area contributed by atoms with E-state index in [4.69, 9.17) is 4.52 Å². The molecule has 0 fully saturated rings. The van der Waals surface area contributed by atoms with Crippen LogP contribution in [0.4, 0.5) is 19.3 Å². The van der Waals surface area contributed by atoms with Gasteiger partial charge in [0.1, 0.15) is 11.6 Å². The van der Waals surface area contributed by atoms with Crippen LogP contribution < -0.4 is 10.2 Å². The molecule has 2 heterocycles. The summed E-state index contributed by atoms with van der Waals surface area (Å²) in [5.41, 5.74) is 2.87. The van der Waals surface area contributed by atoms with Crippen molar-refractivity contribution in [2.45, 2.75) is 13.0 Å². The monoisotopic (exact) mass is 444 g/mol. The van der Waals surface area contributed by atoms with Crippen molar-refractivity contribution in [3.8, 4) is 11.4 Å². The van der Waals surface area contributed by atoms with Gasteiger partial charge in [-0.2, -0.15) is 4.98 Å². The summed E-state index contributed by atoms with van der Waals surface area (Å²) in [6.07, 6.45) is 0. The van der Waals surface area contributed by atoms with Gasteiger partial charge in [-0.25, -0.2) is 13.6 Å². The van der Waals surface area contributed by atoms with E-state index < -0.39 is 17.9 Å². The van der Waals surface area contributed by atoms with Crippen molar-refractivity contribution < 1.29 is 18.1 Å². The van der Waals surface area contributed by atoms with Crippen LogP contribution >= 0.6 is 0 Å². The standard InChI is InChI=1S/C25H18F2N4O2/c1-15-21(24-29-23(30-33-24)17-10-12-18(26)13-11-17)22(16-6-3-2-4-7-16)28-25(32)31(15)20-9-5-8-19(27)14-20/h2-14,22H,1H3,(H,28,32). The van der Waals surface area contributed by atoms with Crippen molar-refractivity contribution in [3.05, 3.63) is 108 Å². The van der Waals surface area contributed by atoms with Gasteiger partial charge >= 0.3 is 6.03 Å². The Balaban J connectivity index is 1.65. The van der Waals surface area contributed by atoms with Crippen LogP contribution in [0.3, 0.4) is 0 Å². The maximum atomic E-state index is 13.9. The van der Waals surface area contributed by atoms with Crippen molar-refractivity contribution in [3.63, 3.8) is 0 Å². The normalized spacial score (nSPS) is 16.2. The summed E-state index contributed by atoms with van der Waals surface area (Å²) in [7, 11) is 0. The van der Waals surface area contributed by atoms with Gasteiger partial charge in [-0.1, -0.05) is 41.6 Å². The molecule has 0 aliphatic carbocycles. The lowest BCUT2D eigenvalue weighted by Gasteiger charge is -2.35. The molecule has 33 heavy (non-hydrogen) atoms. The quantitative estimate of drug-likeness (QED) is 0.437. The molecule has 2 amide bonds. The van der Waals surface area contributed by atoms with Crippen LogP contribution in [0.1, 0.15) is 24.4 Å². The Morgan fingerprint density at radius 2 is 1.70 bits per heavy atom. The SMILES string of the molecule is CC1=C(c2nc(-c3ccc(F)cc3)no2)C(c2ccccc2)NC(=O)N1c1cccc(F)c1. The first-order valence-electron chi connectivity index (χ1n) is 10.2. The highest BCUT2D eigenvalue weighted by atomic mass is 19.1. The minimum atomic E-state index is -0.565. The Morgan fingerprint density at radius 3 is 2.42 bits per heavy atom. The van der Waals surface area contributed by atoms with Gasteiger partial charge < -0.3 is 9.84 Å². The number of carbonyl (C=O) groups is 1. The molecule has 0 radical (unpaired) electrons. The smallest absolute Gasteiger partial charge is 0.327 e. The average Bonchev–Trinajstić information content (AvgIpc) is 3.29. The van der Waals surface area contributed by atoms with Crippen molar-refractivity contribution in [1.29, 1.82) is 0 Å². The minimum absolute atomic E-state index is 0.196. The molecule has 1 atom stereocenters. The Kier molecular flexibility index (Phi) is 5.18. The van der Waals surface area contributed by atoms with E-state index in [1.165, 1.54) is 35.2 Å². The van der Waals surface area contributed by atoms with Crippen LogP contribution in [0.5, 0.6) is 0 Å². The van der Waals surface area contributed by atoms with Crippen molar-refractivity contribution in [2.24, 2.45) is 0 Å². The molecule has 4 aromatic rings. The predicted molar refractivity (Wildman–Crippen MR) is 119 cm³/mol. The predicted octanol–water partition coefficient (Wildman–Crippen LogP) is 5.72. The fourth-order valence-electron chi connectivity index (χ4n) is 3.89. The van der Waals surface area contributed by atoms with E-state index >= 15 is 0 Å². The lowest BCUT2D eigenvalue weighted by molar-refractivity contribution is 0.244. The molecule has 6 nitrogen and oxygen atoms in total. The molecule has 1 unspecified atom stereocenters. The highest BCUT2D eigenvalue weighted by molar-refractivity contribution is 6.01. The number of hydrogen-bond donors (Lipinski definition) is 1. The number of allylic oxidation sites excluding steroid dienone is 1. The Labute approximate surface area is 188 Å². The third-order valence-electron chi connectivity index (χ3n) is 5.44. The van der Waals surface area contributed by atoms with Gasteiger partial charge in [0.15, 0.2) is 0 Å². The third-order valence-corrected chi connectivity index (χ3v) is 5.44. The number of nitrogens with zero attached hydrogens (tertiary/aromatic N) is 3. The lowest BCUT2D eigenvalue weighted by atomic mass is 9.94. The number of amides is 2. The van der Waals surface area contributed by atoms with Crippen LogP contribution in [-0.2, 0) is 0 Å². The van der Waals surface area contributed by atoms with E-state index in [1.54, 1.807) is 25.1 Å². The van der Waals surface area contributed by atoms with Gasteiger partial charge in [0, 0.05) is 11.3 Å². The summed E-state index contributed by atoms with van der Waals surface area (Å²) in [5, 5.41) is 7.02. The number of nitrogens with one attached hydrogen (secondary N) is 1. The van der Waals surface area contributed by atoms with Crippen LogP contribution in [-0.4, -0.2) is 16.2 Å². The van der Waals surface area contributed by atoms with Crippen LogP contribution in [0.15, 0.2) is 89.1 Å². The summed E-state index contributed by atoms with van der Waals surface area (Å²) < 4.78 is 32.8. The zero-order valence-electron chi connectivity index (χ0n) is 17.5. The zero-order valence-corrected chi connectivity index (χ0v) is 17.5. The second-order valence-electron chi connectivity index (χ2n) is 7.54. The molecule has 0 spiro atoms. The Hall–Kier alpha value is -4.33. The minimum Gasteiger partial charge on any atom is -0.334 e. The van der Waals surface area contributed by atoms with Crippen LogP contribution in [0.2, 0.25) is 0 Å². The number of aromatic nitrogens is 2. The molecule has 5 rings (SSSR count). The molecular formula is C25H18F2N4O2. The molecule has 0 saturated carbocycles. The molecule has 3 aromatic carbocycles. The van der Waals surface area contributed by atoms with Crippen LogP contribution in [0, 0.1) is 11.6 Å². The zero-order chi connectivity index (χ0) is 22.9. The number of halogens is 2. The van der Waals surface area contributed by atoms with E-state index in [1.807, 2.05) is 30.3 Å². The molecule has 164 valence electrons. The second kappa shape index (κ2) is 8.31. The number of urea groups is 1. The van der Waals surface area contributed by atoms with Gasteiger partial charge in [-0.05, 0) is 55.0 Å². The maximum absolute atomic E-state index is 13.9. The molecule has 1 aliphatic heterocycles. The molecule has 1 aromatic heterocycles. The molecule has 0 bridgehead atoms. The Morgan fingerprint density at radius 1 is 0.939 bits per heavy atom. The largest absolute Gasteiger partial charge is 0.334 e. The highest BCUT2D eigenvalue weighted by Crippen LogP contribution is 2.39. The van der Waals surface area contributed by atoms with Gasteiger partial charge in [0.2, 0.25) is 5.82 Å². The van der Waals surface area contributed by atoms with E-state index in [0.29, 0.717) is 22.5 Å². The number of rotatable bonds is 4.